The van der Waals surface area contributed by atoms with Gasteiger partial charge in [-0.3, -0.25) is 9.59 Å². The summed E-state index contributed by atoms with van der Waals surface area (Å²) in [6.07, 6.45) is 0. The highest BCUT2D eigenvalue weighted by Gasteiger charge is 2.44. The van der Waals surface area contributed by atoms with Crippen LogP contribution in [-0.4, -0.2) is 34.6 Å². The molecule has 0 fully saturated rings. The zero-order valence-electron chi connectivity index (χ0n) is 12.7. The number of hydrogen-bond donors (Lipinski definition) is 2. The standard InChI is InChI=1S/C14H14Cl2N2O6/c1-13(17,11(21)23-15)9(19)7-5-3-4-6-8(7)10(20)14(2,18)12(22)24-16/h3-6H,17-18H2,1-2H3/t13-,14-/m1/s1. The summed E-state index contributed by atoms with van der Waals surface area (Å²) in [5, 5.41) is 0. The third-order valence-corrected chi connectivity index (χ3v) is 3.63. The molecule has 10 heteroatoms. The van der Waals surface area contributed by atoms with Gasteiger partial charge in [-0.05, 0) is 13.8 Å². The molecule has 1 aromatic carbocycles. The average molecular weight is 377 g/mol. The fourth-order valence-electron chi connectivity index (χ4n) is 1.78. The smallest absolute Gasteiger partial charge is 0.345 e. The molecule has 0 aliphatic carbocycles. The Morgan fingerprint density at radius 1 is 0.833 bits per heavy atom. The number of halogens is 2. The van der Waals surface area contributed by atoms with Crippen molar-refractivity contribution < 1.29 is 27.8 Å². The van der Waals surface area contributed by atoms with Crippen LogP contribution in [0.3, 0.4) is 0 Å². The molecule has 0 unspecified atom stereocenters. The van der Waals surface area contributed by atoms with Gasteiger partial charge in [0.25, 0.3) is 0 Å². The van der Waals surface area contributed by atoms with E-state index in [2.05, 4.69) is 8.58 Å². The molecule has 0 bridgehead atoms. The number of carbonyl (C=O) groups is 4. The van der Waals surface area contributed by atoms with Gasteiger partial charge in [0.05, 0.1) is 0 Å². The summed E-state index contributed by atoms with van der Waals surface area (Å²) in [5.74, 6) is -4.33. The minimum Gasteiger partial charge on any atom is -0.345 e. The van der Waals surface area contributed by atoms with Gasteiger partial charge < -0.3 is 20.0 Å². The van der Waals surface area contributed by atoms with Gasteiger partial charge in [-0.1, -0.05) is 24.3 Å². The van der Waals surface area contributed by atoms with Gasteiger partial charge in [0.2, 0.25) is 0 Å². The van der Waals surface area contributed by atoms with Gasteiger partial charge in [0.15, 0.2) is 22.6 Å². The Morgan fingerprint density at radius 2 is 1.12 bits per heavy atom. The maximum Gasteiger partial charge on any atom is 0.352 e. The summed E-state index contributed by atoms with van der Waals surface area (Å²) in [6.45, 7) is 2.13. The summed E-state index contributed by atoms with van der Waals surface area (Å²) < 4.78 is 7.93. The van der Waals surface area contributed by atoms with E-state index < -0.39 is 34.6 Å². The molecule has 1 rings (SSSR count). The van der Waals surface area contributed by atoms with E-state index in [1.54, 1.807) is 0 Å². The second-order valence-corrected chi connectivity index (χ2v) is 5.65. The first kappa shape index (κ1) is 20.0. The van der Waals surface area contributed by atoms with Crippen LogP contribution >= 0.6 is 23.7 Å². The first-order valence-electron chi connectivity index (χ1n) is 6.44. The molecular formula is C14H14Cl2N2O6. The van der Waals surface area contributed by atoms with E-state index in [1.165, 1.54) is 24.3 Å². The first-order valence-corrected chi connectivity index (χ1v) is 7.06. The Bertz CT molecular complexity index is 643. The Kier molecular flexibility index (Phi) is 6.07. The molecule has 0 amide bonds. The summed E-state index contributed by atoms with van der Waals surface area (Å²) in [7, 11) is 0. The fraction of sp³-hybridized carbons (Fsp3) is 0.286. The zero-order valence-corrected chi connectivity index (χ0v) is 14.2. The Labute approximate surface area is 147 Å². The number of hydrogen-bond acceptors (Lipinski definition) is 8. The third-order valence-electron chi connectivity index (χ3n) is 3.35. The number of carbonyl (C=O) groups excluding carboxylic acids is 4. The van der Waals surface area contributed by atoms with Crippen molar-refractivity contribution in [2.24, 2.45) is 11.5 Å². The number of nitrogens with two attached hydrogens (primary N) is 2. The van der Waals surface area contributed by atoms with Gasteiger partial charge in [-0.2, -0.15) is 0 Å². The van der Waals surface area contributed by atoms with E-state index in [-0.39, 0.29) is 11.1 Å². The molecule has 0 saturated heterocycles. The highest BCUT2D eigenvalue weighted by Crippen LogP contribution is 2.22. The number of benzene rings is 1. The van der Waals surface area contributed by atoms with Crippen LogP contribution < -0.4 is 11.5 Å². The van der Waals surface area contributed by atoms with Crippen molar-refractivity contribution in [3.63, 3.8) is 0 Å². The fourth-order valence-corrected chi connectivity index (χ4v) is 2.10. The van der Waals surface area contributed by atoms with Crippen LogP contribution in [0.1, 0.15) is 34.6 Å². The van der Waals surface area contributed by atoms with Crippen LogP contribution in [0, 0.1) is 0 Å². The Morgan fingerprint density at radius 3 is 1.38 bits per heavy atom. The molecule has 1 aromatic rings. The van der Waals surface area contributed by atoms with Gasteiger partial charge in [0, 0.05) is 11.1 Å². The van der Waals surface area contributed by atoms with Gasteiger partial charge in [-0.25, -0.2) is 9.59 Å². The maximum absolute atomic E-state index is 12.5. The van der Waals surface area contributed by atoms with Crippen LogP contribution in [0.2, 0.25) is 0 Å². The van der Waals surface area contributed by atoms with E-state index in [0.29, 0.717) is 0 Å². The van der Waals surface area contributed by atoms with Crippen molar-refractivity contribution in [1.29, 1.82) is 0 Å². The Hall–Kier alpha value is -2.00. The van der Waals surface area contributed by atoms with Crippen molar-refractivity contribution >= 4 is 47.2 Å². The molecule has 0 aliphatic heterocycles. The van der Waals surface area contributed by atoms with Crippen LogP contribution in [0.25, 0.3) is 0 Å². The molecule has 0 saturated carbocycles. The van der Waals surface area contributed by atoms with Gasteiger partial charge >= 0.3 is 11.9 Å². The number of ketones is 2. The Balaban J connectivity index is 3.42. The van der Waals surface area contributed by atoms with Crippen LogP contribution in [-0.2, 0) is 18.2 Å². The topological polar surface area (TPSA) is 139 Å². The SMILES string of the molecule is C[C@](N)(C(=O)OCl)C(=O)c1ccccc1C(=O)[C@@](C)(N)C(=O)OCl. The highest BCUT2D eigenvalue weighted by molar-refractivity contribution is 6.27. The quantitative estimate of drug-likeness (QED) is 0.550. The molecule has 2 atom stereocenters. The second-order valence-electron chi connectivity index (χ2n) is 5.34. The molecule has 0 radical (unpaired) electrons. The predicted molar refractivity (Wildman–Crippen MR) is 84.2 cm³/mol. The molecule has 4 N–H and O–H groups in total. The van der Waals surface area contributed by atoms with Gasteiger partial charge in [-0.15, -0.1) is 0 Å². The van der Waals surface area contributed by atoms with E-state index in [4.69, 9.17) is 35.2 Å². The zero-order chi connectivity index (χ0) is 18.7. The average Bonchev–Trinajstić information content (AvgIpc) is 2.58. The normalized spacial score (nSPS) is 15.6. The molecule has 0 aliphatic rings. The summed E-state index contributed by atoms with van der Waals surface area (Å²) >= 11 is 9.92. The monoisotopic (exact) mass is 376 g/mol. The maximum atomic E-state index is 12.5. The summed E-state index contributed by atoms with van der Waals surface area (Å²) in [4.78, 5) is 48.2. The summed E-state index contributed by atoms with van der Waals surface area (Å²) in [6, 6.07) is 5.34. The van der Waals surface area contributed by atoms with E-state index in [1.807, 2.05) is 0 Å². The van der Waals surface area contributed by atoms with Crippen molar-refractivity contribution in [3.05, 3.63) is 35.4 Å². The third kappa shape index (κ3) is 3.57. The lowest BCUT2D eigenvalue weighted by molar-refractivity contribution is -0.138. The lowest BCUT2D eigenvalue weighted by Gasteiger charge is -2.23. The van der Waals surface area contributed by atoms with Crippen LogP contribution in [0.5, 0.6) is 0 Å². The first-order chi connectivity index (χ1) is 11.0. The van der Waals surface area contributed by atoms with Crippen molar-refractivity contribution in [2.75, 3.05) is 0 Å². The molecule has 130 valence electrons. The number of rotatable bonds is 6. The lowest BCUT2D eigenvalue weighted by atomic mass is 9.84. The van der Waals surface area contributed by atoms with Crippen LogP contribution in [0.4, 0.5) is 0 Å². The number of Topliss-reactive ketones (excluding diaryl/α,β-unsaturated/α-hetero) is 2. The minimum absolute atomic E-state index is 0.242. The van der Waals surface area contributed by atoms with Crippen LogP contribution in [0.15, 0.2) is 24.3 Å². The summed E-state index contributed by atoms with van der Waals surface area (Å²) in [5.41, 5.74) is 6.50. The van der Waals surface area contributed by atoms with Gasteiger partial charge in [0.1, 0.15) is 23.7 Å². The predicted octanol–water partition coefficient (Wildman–Crippen LogP) is 0.881. The molecule has 0 heterocycles. The molecule has 0 spiro atoms. The van der Waals surface area contributed by atoms with Crippen molar-refractivity contribution in [3.8, 4) is 0 Å². The molecular weight excluding hydrogens is 363 g/mol. The molecule has 0 aromatic heterocycles. The lowest BCUT2D eigenvalue weighted by Crippen LogP contribution is -2.55. The second kappa shape index (κ2) is 7.27. The molecule has 24 heavy (non-hydrogen) atoms. The largest absolute Gasteiger partial charge is 0.352 e. The van der Waals surface area contributed by atoms with Crippen molar-refractivity contribution in [1.82, 2.24) is 0 Å². The van der Waals surface area contributed by atoms with Crippen molar-refractivity contribution in [2.45, 2.75) is 24.9 Å². The molecule has 8 nitrogen and oxygen atoms in total. The highest BCUT2D eigenvalue weighted by atomic mass is 35.5. The van der Waals surface area contributed by atoms with E-state index in [0.717, 1.165) is 13.8 Å². The van der Waals surface area contributed by atoms with E-state index >= 15 is 0 Å². The van der Waals surface area contributed by atoms with E-state index in [9.17, 15) is 19.2 Å². The minimum atomic E-state index is -2.16.